The Morgan fingerprint density at radius 2 is 2.00 bits per heavy atom. The Balaban J connectivity index is 2.58. The molecular formula is C9H5ClF2N2S. The topological polar surface area (TPSA) is 38.9 Å². The Morgan fingerprint density at radius 3 is 2.60 bits per heavy atom. The van der Waals surface area contributed by atoms with Gasteiger partial charge < -0.3 is 5.73 Å². The maximum Gasteiger partial charge on any atom is 0.180 e. The predicted molar refractivity (Wildman–Crippen MR) is 56.9 cm³/mol. The molecule has 0 fully saturated rings. The SMILES string of the molecule is Nc1nc(-c2cc(F)c(Cl)cc2F)cs1. The summed E-state index contributed by atoms with van der Waals surface area (Å²) in [6.07, 6.45) is 0. The van der Waals surface area contributed by atoms with E-state index in [9.17, 15) is 8.78 Å². The van der Waals surface area contributed by atoms with Crippen molar-refractivity contribution < 1.29 is 8.78 Å². The van der Waals surface area contributed by atoms with Crippen molar-refractivity contribution in [2.24, 2.45) is 0 Å². The molecule has 0 bridgehead atoms. The molecule has 78 valence electrons. The van der Waals surface area contributed by atoms with Gasteiger partial charge in [0.05, 0.1) is 10.7 Å². The molecule has 2 rings (SSSR count). The number of aromatic nitrogens is 1. The van der Waals surface area contributed by atoms with Crippen LogP contribution in [-0.4, -0.2) is 4.98 Å². The summed E-state index contributed by atoms with van der Waals surface area (Å²) in [7, 11) is 0. The van der Waals surface area contributed by atoms with Gasteiger partial charge in [-0.05, 0) is 12.1 Å². The summed E-state index contributed by atoms with van der Waals surface area (Å²) in [5.41, 5.74) is 5.77. The fraction of sp³-hybridized carbons (Fsp3) is 0. The van der Waals surface area contributed by atoms with Crippen LogP contribution in [0.4, 0.5) is 13.9 Å². The van der Waals surface area contributed by atoms with Crippen molar-refractivity contribution in [1.29, 1.82) is 0 Å². The maximum absolute atomic E-state index is 13.4. The average Bonchev–Trinajstić information content (AvgIpc) is 2.58. The van der Waals surface area contributed by atoms with Crippen LogP contribution < -0.4 is 5.73 Å². The molecule has 15 heavy (non-hydrogen) atoms. The fourth-order valence-corrected chi connectivity index (χ4v) is 1.84. The molecule has 1 heterocycles. The molecule has 1 aromatic heterocycles. The molecule has 0 aliphatic carbocycles. The molecule has 6 heteroatoms. The number of anilines is 1. The van der Waals surface area contributed by atoms with Gasteiger partial charge in [-0.25, -0.2) is 13.8 Å². The predicted octanol–water partition coefficient (Wildman–Crippen LogP) is 3.32. The summed E-state index contributed by atoms with van der Waals surface area (Å²) in [4.78, 5) is 3.86. The third kappa shape index (κ3) is 1.93. The minimum atomic E-state index is -0.681. The lowest BCUT2D eigenvalue weighted by atomic mass is 10.1. The molecule has 0 unspecified atom stereocenters. The minimum Gasteiger partial charge on any atom is -0.375 e. The van der Waals surface area contributed by atoms with Gasteiger partial charge >= 0.3 is 0 Å². The van der Waals surface area contributed by atoms with Gasteiger partial charge in [0.2, 0.25) is 0 Å². The molecule has 0 atom stereocenters. The number of halogens is 3. The lowest BCUT2D eigenvalue weighted by molar-refractivity contribution is 0.603. The lowest BCUT2D eigenvalue weighted by Crippen LogP contribution is -1.89. The molecule has 0 radical (unpaired) electrons. The van der Waals surface area contributed by atoms with Crippen LogP contribution in [0, 0.1) is 11.6 Å². The Morgan fingerprint density at radius 1 is 1.27 bits per heavy atom. The van der Waals surface area contributed by atoms with E-state index in [-0.39, 0.29) is 10.6 Å². The smallest absolute Gasteiger partial charge is 0.180 e. The molecule has 2 N–H and O–H groups in total. The highest BCUT2D eigenvalue weighted by atomic mass is 35.5. The van der Waals surface area contributed by atoms with Gasteiger partial charge in [-0.15, -0.1) is 11.3 Å². The summed E-state index contributed by atoms with van der Waals surface area (Å²) < 4.78 is 26.5. The van der Waals surface area contributed by atoms with E-state index in [1.165, 1.54) is 0 Å². The maximum atomic E-state index is 13.4. The van der Waals surface area contributed by atoms with Gasteiger partial charge in [0.15, 0.2) is 5.13 Å². The van der Waals surface area contributed by atoms with E-state index in [4.69, 9.17) is 17.3 Å². The van der Waals surface area contributed by atoms with Crippen LogP contribution in [0.1, 0.15) is 0 Å². The zero-order chi connectivity index (χ0) is 11.0. The highest BCUT2D eigenvalue weighted by molar-refractivity contribution is 7.13. The largest absolute Gasteiger partial charge is 0.375 e. The van der Waals surface area contributed by atoms with Crippen LogP contribution in [0.2, 0.25) is 5.02 Å². The van der Waals surface area contributed by atoms with Crippen molar-refractivity contribution in [2.75, 3.05) is 5.73 Å². The highest BCUT2D eigenvalue weighted by Crippen LogP contribution is 2.29. The first-order chi connectivity index (χ1) is 7.08. The standard InChI is InChI=1S/C9H5ClF2N2S/c10-5-2-6(11)4(1-7(5)12)8-3-15-9(13)14-8/h1-3H,(H2,13,14). The van der Waals surface area contributed by atoms with Crippen LogP contribution in [0.5, 0.6) is 0 Å². The normalized spacial score (nSPS) is 10.6. The average molecular weight is 247 g/mol. The van der Waals surface area contributed by atoms with Crippen molar-refractivity contribution in [3.8, 4) is 11.3 Å². The molecule has 0 saturated heterocycles. The Bertz CT molecular complexity index is 513. The summed E-state index contributed by atoms with van der Waals surface area (Å²) in [6, 6.07) is 1.92. The molecule has 2 nitrogen and oxygen atoms in total. The number of nitrogens with zero attached hydrogens (tertiary/aromatic N) is 1. The molecule has 0 amide bonds. The molecule has 0 spiro atoms. The zero-order valence-corrected chi connectivity index (χ0v) is 8.87. The third-order valence-corrected chi connectivity index (χ3v) is 2.77. The van der Waals surface area contributed by atoms with Gasteiger partial charge in [0, 0.05) is 10.9 Å². The monoisotopic (exact) mass is 246 g/mol. The fourth-order valence-electron chi connectivity index (χ4n) is 1.13. The number of benzene rings is 1. The molecule has 0 aliphatic rings. The molecule has 0 saturated carbocycles. The van der Waals surface area contributed by atoms with E-state index in [1.54, 1.807) is 5.38 Å². The van der Waals surface area contributed by atoms with E-state index in [0.29, 0.717) is 10.8 Å². The number of hydrogen-bond acceptors (Lipinski definition) is 3. The summed E-state index contributed by atoms with van der Waals surface area (Å²) in [5.74, 6) is -1.30. The Hall–Kier alpha value is -1.20. The van der Waals surface area contributed by atoms with Crippen molar-refractivity contribution >= 4 is 28.1 Å². The van der Waals surface area contributed by atoms with Crippen LogP contribution in [0.25, 0.3) is 11.3 Å². The number of thiazole rings is 1. The van der Waals surface area contributed by atoms with Gasteiger partial charge in [0.1, 0.15) is 11.6 Å². The molecular weight excluding hydrogens is 242 g/mol. The second-order valence-corrected chi connectivity index (χ2v) is 4.11. The van der Waals surface area contributed by atoms with Gasteiger partial charge in [0.25, 0.3) is 0 Å². The first-order valence-corrected chi connectivity index (χ1v) is 5.19. The van der Waals surface area contributed by atoms with E-state index in [0.717, 1.165) is 23.5 Å². The van der Waals surface area contributed by atoms with Crippen LogP contribution in [0.15, 0.2) is 17.5 Å². The molecule has 1 aromatic carbocycles. The van der Waals surface area contributed by atoms with Gasteiger partial charge in [-0.3, -0.25) is 0 Å². The van der Waals surface area contributed by atoms with Crippen molar-refractivity contribution in [3.63, 3.8) is 0 Å². The second-order valence-electron chi connectivity index (χ2n) is 2.82. The van der Waals surface area contributed by atoms with Crippen LogP contribution in [0.3, 0.4) is 0 Å². The van der Waals surface area contributed by atoms with Gasteiger partial charge in [-0.2, -0.15) is 0 Å². The zero-order valence-electron chi connectivity index (χ0n) is 7.30. The Labute approximate surface area is 93.3 Å². The first-order valence-electron chi connectivity index (χ1n) is 3.94. The van der Waals surface area contributed by atoms with E-state index in [1.807, 2.05) is 0 Å². The highest BCUT2D eigenvalue weighted by Gasteiger charge is 2.12. The van der Waals surface area contributed by atoms with E-state index < -0.39 is 11.6 Å². The van der Waals surface area contributed by atoms with Crippen LogP contribution >= 0.6 is 22.9 Å². The number of nitrogen functional groups attached to an aromatic ring is 1. The third-order valence-electron chi connectivity index (χ3n) is 1.81. The number of nitrogens with two attached hydrogens (primary N) is 1. The quantitative estimate of drug-likeness (QED) is 0.784. The summed E-state index contributed by atoms with van der Waals surface area (Å²) >= 11 is 6.58. The number of hydrogen-bond donors (Lipinski definition) is 1. The minimum absolute atomic E-state index is 0.0600. The second kappa shape index (κ2) is 3.75. The Kier molecular flexibility index (Phi) is 2.58. The summed E-state index contributed by atoms with van der Waals surface area (Å²) in [6.45, 7) is 0. The van der Waals surface area contributed by atoms with Crippen molar-refractivity contribution in [2.45, 2.75) is 0 Å². The summed E-state index contributed by atoms with van der Waals surface area (Å²) in [5, 5.41) is 1.61. The van der Waals surface area contributed by atoms with E-state index >= 15 is 0 Å². The lowest BCUT2D eigenvalue weighted by Gasteiger charge is -2.01. The number of rotatable bonds is 1. The van der Waals surface area contributed by atoms with Crippen molar-refractivity contribution in [1.82, 2.24) is 4.98 Å². The van der Waals surface area contributed by atoms with E-state index in [2.05, 4.69) is 4.98 Å². The first kappa shape index (κ1) is 10.3. The molecule has 2 aromatic rings. The van der Waals surface area contributed by atoms with Crippen LogP contribution in [-0.2, 0) is 0 Å². The molecule has 0 aliphatic heterocycles. The van der Waals surface area contributed by atoms with Crippen molar-refractivity contribution in [3.05, 3.63) is 34.2 Å². The van der Waals surface area contributed by atoms with Gasteiger partial charge in [-0.1, -0.05) is 11.6 Å².